The summed E-state index contributed by atoms with van der Waals surface area (Å²) in [6.45, 7) is 2.91. The van der Waals surface area contributed by atoms with Crippen LogP contribution in [0.3, 0.4) is 0 Å². The lowest BCUT2D eigenvalue weighted by Crippen LogP contribution is -2.44. The molecule has 0 bridgehead atoms. The van der Waals surface area contributed by atoms with E-state index in [0.29, 0.717) is 41.9 Å². The van der Waals surface area contributed by atoms with Crippen molar-refractivity contribution in [2.24, 2.45) is 0 Å². The molecule has 40 heavy (non-hydrogen) atoms. The molecule has 1 saturated heterocycles. The number of rotatable bonds is 8. The van der Waals surface area contributed by atoms with Gasteiger partial charge in [0, 0.05) is 48.0 Å². The fourth-order valence-corrected chi connectivity index (χ4v) is 4.76. The molecule has 11 heteroatoms. The van der Waals surface area contributed by atoms with Gasteiger partial charge in [0.1, 0.15) is 12.3 Å². The number of ether oxygens (including phenoxy) is 2. The zero-order chi connectivity index (χ0) is 28.1. The van der Waals surface area contributed by atoms with Crippen LogP contribution in [0.2, 0.25) is 0 Å². The number of hydrogen-bond acceptors (Lipinski definition) is 9. The first-order valence-electron chi connectivity index (χ1n) is 13.0. The van der Waals surface area contributed by atoms with E-state index in [4.69, 9.17) is 14.5 Å². The van der Waals surface area contributed by atoms with E-state index in [1.165, 1.54) is 12.0 Å². The van der Waals surface area contributed by atoms with Gasteiger partial charge in [-0.05, 0) is 49.6 Å². The Morgan fingerprint density at radius 2 is 1.95 bits per heavy atom. The smallest absolute Gasteiger partial charge is 0.407 e. The van der Waals surface area contributed by atoms with Crippen molar-refractivity contribution in [3.8, 4) is 22.9 Å². The Hall–Kier alpha value is -4.93. The maximum Gasteiger partial charge on any atom is 0.407 e. The molecule has 0 radical (unpaired) electrons. The Kier molecular flexibility index (Phi) is 7.90. The van der Waals surface area contributed by atoms with Crippen molar-refractivity contribution < 1.29 is 24.2 Å². The summed E-state index contributed by atoms with van der Waals surface area (Å²) in [5, 5.41) is 17.5. The van der Waals surface area contributed by atoms with Crippen molar-refractivity contribution in [2.75, 3.05) is 37.4 Å². The van der Waals surface area contributed by atoms with Gasteiger partial charge in [-0.25, -0.2) is 19.7 Å². The predicted octanol–water partition coefficient (Wildman–Crippen LogP) is 4.93. The Labute approximate surface area is 231 Å². The molecular formula is C29H30N6O5. The molecule has 1 atom stereocenters. The number of carbonyl (C=O) groups excluding carboxylic acids is 1. The summed E-state index contributed by atoms with van der Waals surface area (Å²) >= 11 is 0. The molecule has 2 aromatic heterocycles. The molecule has 1 unspecified atom stereocenters. The predicted molar refractivity (Wildman–Crippen MR) is 151 cm³/mol. The Balaban J connectivity index is 1.43. The first kappa shape index (κ1) is 26.7. The molecule has 3 N–H and O–H groups in total. The first-order chi connectivity index (χ1) is 19.4. The molecule has 2 aromatic carbocycles. The Morgan fingerprint density at radius 1 is 1.07 bits per heavy atom. The highest BCUT2D eigenvalue weighted by molar-refractivity contribution is 5.99. The summed E-state index contributed by atoms with van der Waals surface area (Å²) in [4.78, 5) is 38.0. The third kappa shape index (κ3) is 5.88. The quantitative estimate of drug-likeness (QED) is 0.263. The van der Waals surface area contributed by atoms with E-state index in [2.05, 4.69) is 20.6 Å². The number of piperidine rings is 1. The van der Waals surface area contributed by atoms with Gasteiger partial charge in [-0.1, -0.05) is 24.3 Å². The average molecular weight is 543 g/mol. The lowest BCUT2D eigenvalue weighted by Gasteiger charge is -2.31. The number of esters is 1. The molecule has 3 heterocycles. The molecule has 11 nitrogen and oxygen atoms in total. The highest BCUT2D eigenvalue weighted by atomic mass is 16.5. The number of nitrogens with zero attached hydrogens (tertiary/aromatic N) is 4. The van der Waals surface area contributed by atoms with Gasteiger partial charge >= 0.3 is 12.1 Å². The van der Waals surface area contributed by atoms with Gasteiger partial charge in [-0.3, -0.25) is 4.79 Å². The van der Waals surface area contributed by atoms with Crippen LogP contribution in [0.5, 0.6) is 11.6 Å². The summed E-state index contributed by atoms with van der Waals surface area (Å²) < 4.78 is 11.2. The lowest BCUT2D eigenvalue weighted by atomic mass is 10.0. The van der Waals surface area contributed by atoms with Gasteiger partial charge in [0.05, 0.1) is 18.4 Å². The number of carboxylic acid groups (broad SMARTS) is 1. The summed E-state index contributed by atoms with van der Waals surface area (Å²) in [5.74, 6) is 1.07. The molecule has 0 spiro atoms. The first-order valence-corrected chi connectivity index (χ1v) is 13.0. The van der Waals surface area contributed by atoms with E-state index in [1.807, 2.05) is 49.4 Å². The minimum Gasteiger partial charge on any atom is -0.468 e. The van der Waals surface area contributed by atoms with Crippen LogP contribution in [-0.4, -0.2) is 69.8 Å². The fourth-order valence-electron chi connectivity index (χ4n) is 4.76. The monoisotopic (exact) mass is 542 g/mol. The minimum absolute atomic E-state index is 0.0450. The van der Waals surface area contributed by atoms with Crippen LogP contribution < -0.4 is 15.4 Å². The van der Waals surface area contributed by atoms with Crippen molar-refractivity contribution in [3.63, 3.8) is 0 Å². The number of hydrogen-bond donors (Lipinski definition) is 3. The van der Waals surface area contributed by atoms with Gasteiger partial charge < -0.3 is 30.1 Å². The second-order valence-electron chi connectivity index (χ2n) is 9.48. The second-order valence-corrected chi connectivity index (χ2v) is 9.48. The molecule has 1 aliphatic rings. The van der Waals surface area contributed by atoms with Crippen LogP contribution >= 0.6 is 0 Å². The number of fused-ring (bicyclic) bond motifs is 1. The number of carbonyl (C=O) groups is 2. The van der Waals surface area contributed by atoms with Crippen LogP contribution in [0, 0.1) is 6.92 Å². The highest BCUT2D eigenvalue weighted by Gasteiger charge is 2.24. The summed E-state index contributed by atoms with van der Waals surface area (Å²) in [6.07, 6.45) is 3.99. The van der Waals surface area contributed by atoms with Crippen LogP contribution in [-0.2, 0) is 9.53 Å². The van der Waals surface area contributed by atoms with Gasteiger partial charge in [-0.15, -0.1) is 0 Å². The molecule has 0 aliphatic carbocycles. The third-order valence-electron chi connectivity index (χ3n) is 6.79. The average Bonchev–Trinajstić information content (AvgIpc) is 2.97. The number of benzene rings is 2. The summed E-state index contributed by atoms with van der Waals surface area (Å²) in [5.41, 5.74) is 2.99. The van der Waals surface area contributed by atoms with Gasteiger partial charge in [-0.2, -0.15) is 0 Å². The van der Waals surface area contributed by atoms with E-state index in [0.717, 1.165) is 34.9 Å². The van der Waals surface area contributed by atoms with Crippen LogP contribution in [0.15, 0.2) is 60.9 Å². The van der Waals surface area contributed by atoms with Crippen molar-refractivity contribution in [1.82, 2.24) is 19.9 Å². The van der Waals surface area contributed by atoms with Crippen LogP contribution in [0.25, 0.3) is 22.0 Å². The molecule has 4 aromatic rings. The van der Waals surface area contributed by atoms with Crippen molar-refractivity contribution in [3.05, 3.63) is 66.5 Å². The summed E-state index contributed by atoms with van der Waals surface area (Å²) in [6, 6.07) is 15.1. The summed E-state index contributed by atoms with van der Waals surface area (Å²) in [7, 11) is 1.35. The van der Waals surface area contributed by atoms with Crippen LogP contribution in [0.1, 0.15) is 18.4 Å². The van der Waals surface area contributed by atoms with E-state index in [9.17, 15) is 14.7 Å². The number of aromatic nitrogens is 3. The van der Waals surface area contributed by atoms with E-state index >= 15 is 0 Å². The molecule has 5 rings (SSSR count). The Bertz CT molecular complexity index is 1540. The fraction of sp³-hybridized carbons (Fsp3) is 0.276. The SMILES string of the molecule is COC(=O)CNc1cccc2c(Oc3ncccc3-c3ccnc(NC4CCCN(C(=O)O)C4)n3)c(C)ccc12. The number of nitrogens with one attached hydrogen (secondary N) is 2. The number of pyridine rings is 1. The van der Waals surface area contributed by atoms with E-state index < -0.39 is 6.09 Å². The van der Waals surface area contributed by atoms with E-state index in [-0.39, 0.29) is 18.6 Å². The molecule has 1 fully saturated rings. The zero-order valence-electron chi connectivity index (χ0n) is 22.3. The molecule has 0 saturated carbocycles. The van der Waals surface area contributed by atoms with Crippen molar-refractivity contribution in [2.45, 2.75) is 25.8 Å². The number of anilines is 2. The number of amides is 1. The molecule has 1 aliphatic heterocycles. The highest BCUT2D eigenvalue weighted by Crippen LogP contribution is 2.38. The second kappa shape index (κ2) is 11.9. The zero-order valence-corrected chi connectivity index (χ0v) is 22.3. The maximum atomic E-state index is 11.7. The van der Waals surface area contributed by atoms with E-state index in [1.54, 1.807) is 18.5 Å². The minimum atomic E-state index is -0.923. The molecule has 1 amide bonds. The maximum absolute atomic E-state index is 11.7. The van der Waals surface area contributed by atoms with Crippen LogP contribution in [0.4, 0.5) is 16.4 Å². The Morgan fingerprint density at radius 3 is 2.77 bits per heavy atom. The number of methoxy groups -OCH3 is 1. The number of likely N-dealkylation sites (tertiary alicyclic amines) is 1. The molecule has 206 valence electrons. The van der Waals surface area contributed by atoms with Crippen molar-refractivity contribution >= 4 is 34.5 Å². The van der Waals surface area contributed by atoms with Gasteiger partial charge in [0.15, 0.2) is 0 Å². The van der Waals surface area contributed by atoms with Crippen molar-refractivity contribution in [1.29, 1.82) is 0 Å². The lowest BCUT2D eigenvalue weighted by molar-refractivity contribution is -0.138. The van der Waals surface area contributed by atoms with Gasteiger partial charge in [0.2, 0.25) is 11.8 Å². The topological polar surface area (TPSA) is 139 Å². The standard InChI is InChI=1S/C29H30N6O5/c1-18-10-11-20-21(7-3-9-23(20)32-16-25(36)39-2)26(18)40-27-22(8-4-13-30-27)24-12-14-31-28(34-24)33-19-6-5-15-35(17-19)29(37)38/h3-4,7-14,19,32H,5-6,15-17H2,1-2H3,(H,37,38)(H,31,33,34). The third-order valence-corrected chi connectivity index (χ3v) is 6.79. The van der Waals surface area contributed by atoms with Gasteiger partial charge in [0.25, 0.3) is 0 Å². The normalized spacial score (nSPS) is 14.9. The molecular weight excluding hydrogens is 512 g/mol. The largest absolute Gasteiger partial charge is 0.468 e. The number of aryl methyl sites for hydroxylation is 1.